The highest BCUT2D eigenvalue weighted by atomic mass is 16.6. The van der Waals surface area contributed by atoms with Gasteiger partial charge in [-0.1, -0.05) is 12.1 Å². The van der Waals surface area contributed by atoms with Gasteiger partial charge in [-0.2, -0.15) is 0 Å². The zero-order chi connectivity index (χ0) is 16.5. The van der Waals surface area contributed by atoms with E-state index in [1.165, 1.54) is 29.7 Å². The normalized spacial score (nSPS) is 11.5. The number of benzene rings is 1. The molecule has 0 fully saturated rings. The van der Waals surface area contributed by atoms with E-state index in [0.717, 1.165) is 0 Å². The SMILES string of the molecule is N[C@@H](CCCNC(=O)Cc1ccc([N+](=O)[O-])cc1)C(=O)NO. The molecule has 1 aromatic carbocycles. The Morgan fingerprint density at radius 1 is 1.32 bits per heavy atom. The lowest BCUT2D eigenvalue weighted by atomic mass is 10.1. The molecule has 22 heavy (non-hydrogen) atoms. The molecule has 1 atom stereocenters. The monoisotopic (exact) mass is 310 g/mol. The fraction of sp³-hybridized carbons (Fsp3) is 0.385. The van der Waals surface area contributed by atoms with Crippen LogP contribution in [0.15, 0.2) is 24.3 Å². The number of nitrogens with one attached hydrogen (secondary N) is 2. The standard InChI is InChI=1S/C13H18N4O5/c14-11(13(19)16-20)2-1-7-15-12(18)8-9-3-5-10(6-4-9)17(21)22/h3-6,11,20H,1-2,7-8,14H2,(H,15,18)(H,16,19)/t11-/m0/s1. The smallest absolute Gasteiger partial charge is 0.269 e. The van der Waals surface area contributed by atoms with Gasteiger partial charge in [0.2, 0.25) is 5.91 Å². The number of non-ortho nitro benzene ring substituents is 1. The molecule has 0 radical (unpaired) electrons. The molecule has 0 aromatic heterocycles. The molecule has 0 aliphatic rings. The molecular weight excluding hydrogens is 292 g/mol. The van der Waals surface area contributed by atoms with Crippen molar-refractivity contribution in [2.45, 2.75) is 25.3 Å². The summed E-state index contributed by atoms with van der Waals surface area (Å²) < 4.78 is 0. The molecule has 0 heterocycles. The number of nitro groups is 1. The summed E-state index contributed by atoms with van der Waals surface area (Å²) in [6.07, 6.45) is 0.923. The van der Waals surface area contributed by atoms with Crippen molar-refractivity contribution >= 4 is 17.5 Å². The molecule has 1 rings (SSSR count). The Balaban J connectivity index is 2.29. The number of carbonyl (C=O) groups excluding carboxylic acids is 2. The van der Waals surface area contributed by atoms with Crippen LogP contribution in [0.4, 0.5) is 5.69 Å². The summed E-state index contributed by atoms with van der Waals surface area (Å²) in [6.45, 7) is 0.345. The van der Waals surface area contributed by atoms with Crippen molar-refractivity contribution in [3.05, 3.63) is 39.9 Å². The van der Waals surface area contributed by atoms with Crippen molar-refractivity contribution in [2.24, 2.45) is 5.73 Å². The van der Waals surface area contributed by atoms with Crippen LogP contribution >= 0.6 is 0 Å². The van der Waals surface area contributed by atoms with Crippen molar-refractivity contribution in [2.75, 3.05) is 6.54 Å². The number of hydrogen-bond acceptors (Lipinski definition) is 6. The second-order valence-electron chi connectivity index (χ2n) is 4.68. The summed E-state index contributed by atoms with van der Waals surface area (Å²) in [5.74, 6) is -0.897. The van der Waals surface area contributed by atoms with Crippen LogP contribution in [0.5, 0.6) is 0 Å². The maximum atomic E-state index is 11.7. The number of rotatable bonds is 8. The highest BCUT2D eigenvalue weighted by molar-refractivity contribution is 5.80. The largest absolute Gasteiger partial charge is 0.356 e. The van der Waals surface area contributed by atoms with E-state index in [1.807, 2.05) is 0 Å². The summed E-state index contributed by atoms with van der Waals surface area (Å²) in [4.78, 5) is 32.6. The van der Waals surface area contributed by atoms with Crippen molar-refractivity contribution in [3.63, 3.8) is 0 Å². The van der Waals surface area contributed by atoms with Crippen LogP contribution < -0.4 is 16.5 Å². The molecule has 5 N–H and O–H groups in total. The number of amides is 2. The number of nitrogens with two attached hydrogens (primary N) is 1. The molecule has 1 aromatic rings. The Labute approximate surface area is 126 Å². The zero-order valence-electron chi connectivity index (χ0n) is 11.8. The lowest BCUT2D eigenvalue weighted by Crippen LogP contribution is -2.39. The lowest BCUT2D eigenvalue weighted by Gasteiger charge is -2.09. The van der Waals surface area contributed by atoms with E-state index in [-0.39, 0.29) is 18.0 Å². The van der Waals surface area contributed by atoms with Crippen LogP contribution in [-0.2, 0) is 16.0 Å². The van der Waals surface area contributed by atoms with E-state index < -0.39 is 16.9 Å². The molecule has 9 heteroatoms. The van der Waals surface area contributed by atoms with Crippen molar-refractivity contribution < 1.29 is 19.7 Å². The summed E-state index contributed by atoms with van der Waals surface area (Å²) in [5, 5.41) is 21.5. The summed E-state index contributed by atoms with van der Waals surface area (Å²) >= 11 is 0. The van der Waals surface area contributed by atoms with E-state index in [1.54, 1.807) is 0 Å². The van der Waals surface area contributed by atoms with Gasteiger partial charge in [0.25, 0.3) is 11.6 Å². The van der Waals surface area contributed by atoms with Gasteiger partial charge in [-0.25, -0.2) is 5.48 Å². The fourth-order valence-electron chi connectivity index (χ4n) is 1.75. The first-order valence-electron chi connectivity index (χ1n) is 6.63. The van der Waals surface area contributed by atoms with Crippen LogP contribution in [0.1, 0.15) is 18.4 Å². The summed E-state index contributed by atoms with van der Waals surface area (Å²) in [6, 6.07) is 4.92. The molecule has 0 spiro atoms. The minimum atomic E-state index is -0.823. The molecule has 0 saturated heterocycles. The molecule has 0 aliphatic heterocycles. The van der Waals surface area contributed by atoms with Crippen LogP contribution in [0.3, 0.4) is 0 Å². The first-order chi connectivity index (χ1) is 10.4. The minimum absolute atomic E-state index is 0.0275. The Morgan fingerprint density at radius 3 is 2.50 bits per heavy atom. The molecule has 2 amide bonds. The molecule has 120 valence electrons. The van der Waals surface area contributed by atoms with E-state index in [4.69, 9.17) is 10.9 Å². The number of carbonyl (C=O) groups is 2. The maximum Gasteiger partial charge on any atom is 0.269 e. The second kappa shape index (κ2) is 8.70. The van der Waals surface area contributed by atoms with E-state index in [0.29, 0.717) is 24.9 Å². The van der Waals surface area contributed by atoms with Crippen molar-refractivity contribution in [3.8, 4) is 0 Å². The third-order valence-corrected chi connectivity index (χ3v) is 2.97. The van der Waals surface area contributed by atoms with Gasteiger partial charge in [0.15, 0.2) is 0 Å². The quantitative estimate of drug-likeness (QED) is 0.227. The predicted molar refractivity (Wildman–Crippen MR) is 76.9 cm³/mol. The first kappa shape index (κ1) is 17.5. The van der Waals surface area contributed by atoms with E-state index >= 15 is 0 Å². The van der Waals surface area contributed by atoms with Gasteiger partial charge < -0.3 is 11.1 Å². The molecule has 0 aliphatic carbocycles. The molecule has 0 bridgehead atoms. The highest BCUT2D eigenvalue weighted by Gasteiger charge is 2.12. The average Bonchev–Trinajstić information content (AvgIpc) is 2.51. The minimum Gasteiger partial charge on any atom is -0.356 e. The Hall–Kier alpha value is -2.52. The van der Waals surface area contributed by atoms with E-state index in [2.05, 4.69) is 5.32 Å². The van der Waals surface area contributed by atoms with Gasteiger partial charge >= 0.3 is 0 Å². The van der Waals surface area contributed by atoms with Gasteiger partial charge in [-0.05, 0) is 18.4 Å². The molecular formula is C13H18N4O5. The Kier molecular flexibility index (Phi) is 6.93. The van der Waals surface area contributed by atoms with Gasteiger partial charge in [0.1, 0.15) is 0 Å². The van der Waals surface area contributed by atoms with Crippen LogP contribution in [-0.4, -0.2) is 34.5 Å². The summed E-state index contributed by atoms with van der Waals surface area (Å²) in [5.41, 5.74) is 7.57. The first-order valence-corrected chi connectivity index (χ1v) is 6.63. The number of nitro benzene ring substituents is 1. The molecule has 0 unspecified atom stereocenters. The van der Waals surface area contributed by atoms with Gasteiger partial charge in [-0.15, -0.1) is 0 Å². The third kappa shape index (κ3) is 5.85. The van der Waals surface area contributed by atoms with Crippen LogP contribution in [0, 0.1) is 10.1 Å². The zero-order valence-corrected chi connectivity index (χ0v) is 11.8. The number of hydrogen-bond donors (Lipinski definition) is 4. The number of hydroxylamine groups is 1. The molecule has 9 nitrogen and oxygen atoms in total. The second-order valence-corrected chi connectivity index (χ2v) is 4.68. The van der Waals surface area contributed by atoms with E-state index in [9.17, 15) is 19.7 Å². The predicted octanol–water partition coefficient (Wildman–Crippen LogP) is -0.134. The van der Waals surface area contributed by atoms with Gasteiger partial charge in [0, 0.05) is 18.7 Å². The molecule has 0 saturated carbocycles. The van der Waals surface area contributed by atoms with Gasteiger partial charge in [0.05, 0.1) is 17.4 Å². The third-order valence-electron chi connectivity index (χ3n) is 2.97. The van der Waals surface area contributed by atoms with Crippen LogP contribution in [0.2, 0.25) is 0 Å². The summed E-state index contributed by atoms with van der Waals surface area (Å²) in [7, 11) is 0. The van der Waals surface area contributed by atoms with Crippen LogP contribution in [0.25, 0.3) is 0 Å². The maximum absolute atomic E-state index is 11.7. The highest BCUT2D eigenvalue weighted by Crippen LogP contribution is 2.12. The van der Waals surface area contributed by atoms with Crippen molar-refractivity contribution in [1.82, 2.24) is 10.8 Å². The lowest BCUT2D eigenvalue weighted by molar-refractivity contribution is -0.384. The van der Waals surface area contributed by atoms with Crippen molar-refractivity contribution in [1.29, 1.82) is 0 Å². The Bertz CT molecular complexity index is 532. The topological polar surface area (TPSA) is 148 Å². The van der Waals surface area contributed by atoms with Gasteiger partial charge in [-0.3, -0.25) is 24.9 Å². The fourth-order valence-corrected chi connectivity index (χ4v) is 1.75. The number of nitrogens with zero attached hydrogens (tertiary/aromatic N) is 1. The Morgan fingerprint density at radius 2 is 1.95 bits per heavy atom. The average molecular weight is 310 g/mol.